The summed E-state index contributed by atoms with van der Waals surface area (Å²) in [4.78, 5) is 13.1. The minimum absolute atomic E-state index is 0.0502. The van der Waals surface area contributed by atoms with E-state index in [1.807, 2.05) is 0 Å². The Morgan fingerprint density at radius 2 is 2.05 bits per heavy atom. The van der Waals surface area contributed by atoms with E-state index in [0.717, 1.165) is 0 Å². The number of nitrogens with zero attached hydrogens (tertiary/aromatic N) is 1. The third-order valence-electron chi connectivity index (χ3n) is 2.91. The minimum Gasteiger partial charge on any atom is -0.450 e. The Bertz CT molecular complexity index is 380. The summed E-state index contributed by atoms with van der Waals surface area (Å²) in [6.07, 6.45) is 1.34. The number of likely N-dealkylation sites (tertiary alicyclic amines) is 1. The highest BCUT2D eigenvalue weighted by molar-refractivity contribution is 7.89. The summed E-state index contributed by atoms with van der Waals surface area (Å²) >= 11 is 5.48. The van der Waals surface area contributed by atoms with Crippen LogP contribution in [0.15, 0.2) is 0 Å². The molecule has 0 aromatic carbocycles. The highest BCUT2D eigenvalue weighted by atomic mass is 35.5. The van der Waals surface area contributed by atoms with Crippen molar-refractivity contribution in [1.29, 1.82) is 0 Å². The second-order valence-corrected chi connectivity index (χ2v) is 6.69. The van der Waals surface area contributed by atoms with Crippen LogP contribution in [0.25, 0.3) is 0 Å². The SMILES string of the molecule is CCOC(=O)N1CCC(NS(=O)(=O)CCCCl)CC1. The molecule has 19 heavy (non-hydrogen) atoms. The van der Waals surface area contributed by atoms with Crippen LogP contribution in [0.5, 0.6) is 0 Å². The van der Waals surface area contributed by atoms with Crippen LogP contribution in [-0.2, 0) is 14.8 Å². The molecule has 1 saturated heterocycles. The van der Waals surface area contributed by atoms with Gasteiger partial charge in [-0.15, -0.1) is 11.6 Å². The molecule has 1 rings (SSSR count). The number of piperidine rings is 1. The molecule has 0 aromatic rings. The number of sulfonamides is 1. The van der Waals surface area contributed by atoms with E-state index in [2.05, 4.69) is 4.72 Å². The van der Waals surface area contributed by atoms with Crippen LogP contribution >= 0.6 is 11.6 Å². The molecule has 1 fully saturated rings. The molecular formula is C11H21ClN2O4S. The lowest BCUT2D eigenvalue weighted by Gasteiger charge is -2.31. The van der Waals surface area contributed by atoms with Crippen LogP contribution in [0, 0.1) is 0 Å². The van der Waals surface area contributed by atoms with E-state index in [1.165, 1.54) is 0 Å². The fraction of sp³-hybridized carbons (Fsp3) is 0.909. The van der Waals surface area contributed by atoms with Gasteiger partial charge in [0.05, 0.1) is 12.4 Å². The van der Waals surface area contributed by atoms with Gasteiger partial charge in [-0.25, -0.2) is 17.9 Å². The highest BCUT2D eigenvalue weighted by Crippen LogP contribution is 2.12. The van der Waals surface area contributed by atoms with Gasteiger partial charge < -0.3 is 9.64 Å². The van der Waals surface area contributed by atoms with Crippen molar-refractivity contribution in [3.8, 4) is 0 Å². The number of amides is 1. The molecule has 6 nitrogen and oxygen atoms in total. The van der Waals surface area contributed by atoms with Crippen molar-refractivity contribution in [2.45, 2.75) is 32.2 Å². The van der Waals surface area contributed by atoms with Crippen molar-refractivity contribution in [2.24, 2.45) is 0 Å². The molecule has 1 amide bonds. The van der Waals surface area contributed by atoms with E-state index in [4.69, 9.17) is 16.3 Å². The number of carbonyl (C=O) groups excluding carboxylic acids is 1. The van der Waals surface area contributed by atoms with E-state index in [1.54, 1.807) is 11.8 Å². The molecule has 0 bridgehead atoms. The van der Waals surface area contributed by atoms with Crippen LogP contribution in [0.4, 0.5) is 4.79 Å². The summed E-state index contributed by atoms with van der Waals surface area (Å²) in [6, 6.07) is -0.106. The molecule has 8 heteroatoms. The number of hydrogen-bond acceptors (Lipinski definition) is 4. The first-order chi connectivity index (χ1) is 8.98. The molecule has 112 valence electrons. The van der Waals surface area contributed by atoms with E-state index < -0.39 is 10.0 Å². The summed E-state index contributed by atoms with van der Waals surface area (Å²) in [7, 11) is -3.26. The second-order valence-electron chi connectivity index (χ2n) is 4.44. The van der Waals surface area contributed by atoms with Crippen molar-refractivity contribution >= 4 is 27.7 Å². The number of nitrogens with one attached hydrogen (secondary N) is 1. The zero-order valence-electron chi connectivity index (χ0n) is 11.1. The first-order valence-electron chi connectivity index (χ1n) is 6.46. The molecule has 0 unspecified atom stereocenters. The Morgan fingerprint density at radius 1 is 1.42 bits per heavy atom. The zero-order chi connectivity index (χ0) is 14.3. The maximum atomic E-state index is 11.7. The number of alkyl halides is 1. The van der Waals surface area contributed by atoms with Gasteiger partial charge in [0.25, 0.3) is 0 Å². The van der Waals surface area contributed by atoms with Crippen LogP contribution in [-0.4, -0.2) is 56.8 Å². The lowest BCUT2D eigenvalue weighted by atomic mass is 10.1. The maximum absolute atomic E-state index is 11.7. The van der Waals surface area contributed by atoms with Gasteiger partial charge in [-0.2, -0.15) is 0 Å². The van der Waals surface area contributed by atoms with Crippen molar-refractivity contribution in [2.75, 3.05) is 31.3 Å². The van der Waals surface area contributed by atoms with E-state index in [-0.39, 0.29) is 17.9 Å². The molecule has 1 heterocycles. The summed E-state index contributed by atoms with van der Waals surface area (Å²) in [5.41, 5.74) is 0. The van der Waals surface area contributed by atoms with Crippen molar-refractivity contribution in [3.05, 3.63) is 0 Å². The Balaban J connectivity index is 2.36. The minimum atomic E-state index is -3.26. The van der Waals surface area contributed by atoms with Gasteiger partial charge in [-0.05, 0) is 26.2 Å². The van der Waals surface area contributed by atoms with Crippen molar-refractivity contribution in [3.63, 3.8) is 0 Å². The number of ether oxygens (including phenoxy) is 1. The molecule has 0 saturated carbocycles. The van der Waals surface area contributed by atoms with Crippen molar-refractivity contribution < 1.29 is 17.9 Å². The van der Waals surface area contributed by atoms with E-state index in [0.29, 0.717) is 44.8 Å². The van der Waals surface area contributed by atoms with Gasteiger partial charge in [0.2, 0.25) is 10.0 Å². The van der Waals surface area contributed by atoms with Gasteiger partial charge >= 0.3 is 6.09 Å². The fourth-order valence-electron chi connectivity index (χ4n) is 1.95. The molecule has 0 aliphatic carbocycles. The molecule has 0 atom stereocenters. The Morgan fingerprint density at radius 3 is 2.58 bits per heavy atom. The summed E-state index contributed by atoms with van der Waals surface area (Å²) in [5.74, 6) is 0.386. The van der Waals surface area contributed by atoms with Gasteiger partial charge in [0, 0.05) is 25.0 Å². The van der Waals surface area contributed by atoms with E-state index >= 15 is 0 Å². The van der Waals surface area contributed by atoms with Crippen LogP contribution < -0.4 is 4.72 Å². The van der Waals surface area contributed by atoms with Gasteiger partial charge in [-0.3, -0.25) is 0 Å². The average Bonchev–Trinajstić information content (AvgIpc) is 2.37. The van der Waals surface area contributed by atoms with Crippen LogP contribution in [0.1, 0.15) is 26.2 Å². The average molecular weight is 313 g/mol. The summed E-state index contributed by atoms with van der Waals surface area (Å²) in [5, 5.41) is 0. The third-order valence-corrected chi connectivity index (χ3v) is 4.70. The fourth-order valence-corrected chi connectivity index (χ4v) is 3.63. The number of carbonyl (C=O) groups is 1. The molecule has 0 aromatic heterocycles. The predicted molar refractivity (Wildman–Crippen MR) is 73.9 cm³/mol. The summed E-state index contributed by atoms with van der Waals surface area (Å²) < 4.78 is 31.0. The number of rotatable bonds is 6. The molecule has 1 N–H and O–H groups in total. The Kier molecular flexibility index (Phi) is 6.88. The van der Waals surface area contributed by atoms with Gasteiger partial charge in [-0.1, -0.05) is 0 Å². The Hall–Kier alpha value is -0.530. The smallest absolute Gasteiger partial charge is 0.409 e. The molecule has 1 aliphatic rings. The third kappa shape index (κ3) is 5.97. The van der Waals surface area contributed by atoms with Crippen LogP contribution in [0.2, 0.25) is 0 Å². The highest BCUT2D eigenvalue weighted by Gasteiger charge is 2.26. The molecular weight excluding hydrogens is 292 g/mol. The van der Waals surface area contributed by atoms with Crippen LogP contribution in [0.3, 0.4) is 0 Å². The topological polar surface area (TPSA) is 75.7 Å². The summed E-state index contributed by atoms with van der Waals surface area (Å²) in [6.45, 7) is 3.14. The molecule has 0 radical (unpaired) electrons. The molecule has 0 spiro atoms. The second kappa shape index (κ2) is 7.91. The first-order valence-corrected chi connectivity index (χ1v) is 8.65. The standard InChI is InChI=1S/C11H21ClN2O4S/c1-2-18-11(15)14-7-4-10(5-8-14)13-19(16,17)9-3-6-12/h10,13H,2-9H2,1H3. The molecule has 1 aliphatic heterocycles. The Labute approximate surface area is 119 Å². The number of hydrogen-bond donors (Lipinski definition) is 1. The first kappa shape index (κ1) is 16.5. The predicted octanol–water partition coefficient (Wildman–Crippen LogP) is 1.16. The zero-order valence-corrected chi connectivity index (χ0v) is 12.7. The van der Waals surface area contributed by atoms with E-state index in [9.17, 15) is 13.2 Å². The lowest BCUT2D eigenvalue weighted by molar-refractivity contribution is 0.0966. The van der Waals surface area contributed by atoms with Gasteiger partial charge in [0.1, 0.15) is 0 Å². The quantitative estimate of drug-likeness (QED) is 0.747. The van der Waals surface area contributed by atoms with Crippen molar-refractivity contribution in [1.82, 2.24) is 9.62 Å². The monoisotopic (exact) mass is 312 g/mol. The van der Waals surface area contributed by atoms with Gasteiger partial charge in [0.15, 0.2) is 0 Å². The lowest BCUT2D eigenvalue weighted by Crippen LogP contribution is -2.47. The normalized spacial score (nSPS) is 17.5. The maximum Gasteiger partial charge on any atom is 0.409 e. The number of halogens is 1. The largest absolute Gasteiger partial charge is 0.450 e.